The first-order chi connectivity index (χ1) is 19.3. The summed E-state index contributed by atoms with van der Waals surface area (Å²) in [6.45, 7) is 7.67. The Kier molecular flexibility index (Phi) is 6.98. The molecule has 216 valence electrons. The van der Waals surface area contributed by atoms with Gasteiger partial charge in [0.05, 0.1) is 5.56 Å². The highest BCUT2D eigenvalue weighted by molar-refractivity contribution is 6.23. The Morgan fingerprint density at radius 2 is 1.73 bits per heavy atom. The minimum atomic E-state index is -2.61. The molecule has 0 saturated heterocycles. The lowest BCUT2D eigenvalue weighted by atomic mass is 9.54. The molecule has 9 heteroatoms. The molecule has 7 N–H and O–H groups in total. The van der Waals surface area contributed by atoms with Crippen molar-refractivity contribution < 1.29 is 34.8 Å². The number of aliphatic hydroxyl groups is 3. The first-order valence-corrected chi connectivity index (χ1v) is 14.0. The maximum absolute atomic E-state index is 14.0. The van der Waals surface area contributed by atoms with Gasteiger partial charge in [-0.25, -0.2) is 0 Å². The van der Waals surface area contributed by atoms with Gasteiger partial charge in [-0.2, -0.15) is 0 Å². The molecular formula is C32H36N2O7. The van der Waals surface area contributed by atoms with Crippen LogP contribution < -0.4 is 11.1 Å². The van der Waals surface area contributed by atoms with Crippen LogP contribution >= 0.6 is 0 Å². The number of carbonyl (C=O) groups excluding carboxylic acids is 3. The summed E-state index contributed by atoms with van der Waals surface area (Å²) < 4.78 is 0. The fourth-order valence-corrected chi connectivity index (χ4v) is 6.89. The van der Waals surface area contributed by atoms with Crippen LogP contribution in [0.2, 0.25) is 0 Å². The van der Waals surface area contributed by atoms with Gasteiger partial charge in [0.1, 0.15) is 22.8 Å². The van der Waals surface area contributed by atoms with Crippen molar-refractivity contribution in [2.75, 3.05) is 5.32 Å². The number of benzene rings is 2. The standard InChI is InChI=1S/C32H36N2O7/c1-5-15(4)34-18-8-6-16(7-9-18)19-10-11-22(35)25-20(19)12-17-13-21-23(14(2)3)27(36)26(31(33)40)30(39)32(21,41)29(38)24(17)28(25)37/h6-11,14-15,17,21,23,34-35,37,39,41H,5,12-13H2,1-4H3,(H2,33,40)/t15?,17-,21-,23-,32-/m0/s1. The Morgan fingerprint density at radius 1 is 1.07 bits per heavy atom. The zero-order valence-electron chi connectivity index (χ0n) is 23.6. The lowest BCUT2D eigenvalue weighted by Crippen LogP contribution is -2.62. The minimum absolute atomic E-state index is 0.0804. The second-order valence-electron chi connectivity index (χ2n) is 11.8. The van der Waals surface area contributed by atoms with E-state index in [2.05, 4.69) is 19.2 Å². The molecule has 41 heavy (non-hydrogen) atoms. The highest BCUT2D eigenvalue weighted by atomic mass is 16.3. The number of carbonyl (C=O) groups is 3. The van der Waals surface area contributed by atoms with Crippen LogP contribution in [0.25, 0.3) is 16.9 Å². The fraction of sp³-hybridized carbons (Fsp3) is 0.406. The van der Waals surface area contributed by atoms with E-state index in [9.17, 15) is 34.8 Å². The smallest absolute Gasteiger partial charge is 0.255 e. The Hall–Kier alpha value is -4.11. The lowest BCUT2D eigenvalue weighted by Gasteiger charge is -2.50. The van der Waals surface area contributed by atoms with E-state index in [-0.39, 0.29) is 35.6 Å². The molecule has 0 radical (unpaired) electrons. The molecule has 3 aliphatic carbocycles. The summed E-state index contributed by atoms with van der Waals surface area (Å²) in [5.74, 6) is -7.73. The minimum Gasteiger partial charge on any atom is -0.508 e. The summed E-state index contributed by atoms with van der Waals surface area (Å²) in [7, 11) is 0. The maximum atomic E-state index is 14.0. The quantitative estimate of drug-likeness (QED) is 0.286. The summed E-state index contributed by atoms with van der Waals surface area (Å²) >= 11 is 0. The Morgan fingerprint density at radius 3 is 2.32 bits per heavy atom. The number of hydrogen-bond donors (Lipinski definition) is 6. The normalized spacial score (nSPS) is 26.4. The number of ketones is 2. The van der Waals surface area contributed by atoms with Crippen LogP contribution in [0.4, 0.5) is 5.69 Å². The van der Waals surface area contributed by atoms with Crippen LogP contribution in [0.5, 0.6) is 5.75 Å². The van der Waals surface area contributed by atoms with E-state index in [1.807, 2.05) is 24.3 Å². The second kappa shape index (κ2) is 10.1. The lowest BCUT2D eigenvalue weighted by molar-refractivity contribution is -0.155. The van der Waals surface area contributed by atoms with Crippen LogP contribution in [0, 0.1) is 23.7 Å². The predicted octanol–water partition coefficient (Wildman–Crippen LogP) is 4.18. The van der Waals surface area contributed by atoms with Gasteiger partial charge in [-0.3, -0.25) is 14.4 Å². The molecule has 1 saturated carbocycles. The highest BCUT2D eigenvalue weighted by Gasteiger charge is 2.64. The molecule has 1 fully saturated rings. The van der Waals surface area contributed by atoms with E-state index in [1.54, 1.807) is 19.9 Å². The molecule has 3 aliphatic rings. The number of aromatic hydroxyl groups is 1. The molecule has 0 aromatic heterocycles. The molecule has 0 aliphatic heterocycles. The third kappa shape index (κ3) is 4.22. The Labute approximate surface area is 238 Å². The average molecular weight is 561 g/mol. The van der Waals surface area contributed by atoms with E-state index in [0.29, 0.717) is 11.6 Å². The number of fused-ring (bicyclic) bond motifs is 3. The number of Topliss-reactive ketones (excluding diaryl/α,β-unsaturated/α-hetero) is 2. The van der Waals surface area contributed by atoms with Crippen LogP contribution in [0.1, 0.15) is 51.7 Å². The molecule has 1 amide bonds. The van der Waals surface area contributed by atoms with E-state index in [1.165, 1.54) is 6.07 Å². The number of aliphatic hydroxyl groups excluding tert-OH is 2. The maximum Gasteiger partial charge on any atom is 0.255 e. The van der Waals surface area contributed by atoms with Gasteiger partial charge in [0.2, 0.25) is 5.78 Å². The molecule has 0 spiro atoms. The van der Waals surface area contributed by atoms with Crippen molar-refractivity contribution in [3.8, 4) is 16.9 Å². The van der Waals surface area contributed by atoms with Crippen LogP contribution in [0.15, 0.2) is 53.3 Å². The Bertz CT molecular complexity index is 1520. The van der Waals surface area contributed by atoms with Crippen molar-refractivity contribution >= 4 is 28.9 Å². The first kappa shape index (κ1) is 28.4. The number of nitrogens with one attached hydrogen (secondary N) is 1. The number of nitrogens with two attached hydrogens (primary N) is 1. The van der Waals surface area contributed by atoms with E-state index < -0.39 is 57.9 Å². The van der Waals surface area contributed by atoms with Crippen molar-refractivity contribution in [1.82, 2.24) is 0 Å². The topological polar surface area (TPSA) is 170 Å². The Balaban J connectivity index is 1.65. The van der Waals surface area contributed by atoms with Gasteiger partial charge < -0.3 is 31.5 Å². The van der Waals surface area contributed by atoms with Crippen LogP contribution in [-0.4, -0.2) is 49.5 Å². The molecule has 5 atom stereocenters. The average Bonchev–Trinajstić information content (AvgIpc) is 2.91. The van der Waals surface area contributed by atoms with Gasteiger partial charge >= 0.3 is 0 Å². The molecule has 0 bridgehead atoms. The fourth-order valence-electron chi connectivity index (χ4n) is 6.89. The second-order valence-corrected chi connectivity index (χ2v) is 11.8. The summed E-state index contributed by atoms with van der Waals surface area (Å²) in [5.41, 5.74) is 5.14. The number of rotatable bonds is 6. The van der Waals surface area contributed by atoms with Crippen molar-refractivity contribution in [3.05, 3.63) is 64.4 Å². The van der Waals surface area contributed by atoms with Gasteiger partial charge in [-0.05, 0) is 72.9 Å². The van der Waals surface area contributed by atoms with Gasteiger partial charge in [-0.15, -0.1) is 0 Å². The predicted molar refractivity (Wildman–Crippen MR) is 154 cm³/mol. The zero-order valence-corrected chi connectivity index (χ0v) is 23.6. The van der Waals surface area contributed by atoms with Gasteiger partial charge in [-0.1, -0.05) is 39.0 Å². The molecule has 1 unspecified atom stereocenters. The summed E-state index contributed by atoms with van der Waals surface area (Å²) in [5, 5.41) is 48.4. The number of hydrogen-bond acceptors (Lipinski definition) is 8. The zero-order chi connectivity index (χ0) is 30.0. The molecule has 0 heterocycles. The third-order valence-corrected chi connectivity index (χ3v) is 9.07. The SMILES string of the molecule is CCC(C)Nc1ccc(-c2ccc(O)c3c2C[C@H]2C[C@H]4[C@H](C(C)C)C(=O)C(C(N)=O)=C(O)[C@@]4(O)C(=O)C2=C3O)cc1. The molecule has 9 nitrogen and oxygen atoms in total. The van der Waals surface area contributed by atoms with E-state index in [0.717, 1.165) is 23.2 Å². The van der Waals surface area contributed by atoms with Gasteiger partial charge in [0.15, 0.2) is 11.4 Å². The molecule has 2 aromatic rings. The van der Waals surface area contributed by atoms with Crippen LogP contribution in [0.3, 0.4) is 0 Å². The summed E-state index contributed by atoms with van der Waals surface area (Å²) in [6, 6.07) is 11.3. The van der Waals surface area contributed by atoms with Gasteiger partial charge in [0.25, 0.3) is 5.91 Å². The number of phenols is 1. The van der Waals surface area contributed by atoms with E-state index >= 15 is 0 Å². The van der Waals surface area contributed by atoms with Gasteiger partial charge in [0, 0.05) is 29.1 Å². The summed E-state index contributed by atoms with van der Waals surface area (Å²) in [4.78, 5) is 39.4. The first-order valence-electron chi connectivity index (χ1n) is 14.0. The third-order valence-electron chi connectivity index (χ3n) is 9.07. The molecular weight excluding hydrogens is 524 g/mol. The van der Waals surface area contributed by atoms with Crippen molar-refractivity contribution in [3.63, 3.8) is 0 Å². The molecule has 2 aromatic carbocycles. The van der Waals surface area contributed by atoms with Crippen molar-refractivity contribution in [1.29, 1.82) is 0 Å². The van der Waals surface area contributed by atoms with Crippen molar-refractivity contribution in [2.24, 2.45) is 29.4 Å². The largest absolute Gasteiger partial charge is 0.508 e. The summed E-state index contributed by atoms with van der Waals surface area (Å²) in [6.07, 6.45) is 1.30. The van der Waals surface area contributed by atoms with Crippen molar-refractivity contribution in [2.45, 2.75) is 58.6 Å². The molecule has 5 rings (SSSR count). The number of anilines is 1. The number of primary amides is 1. The number of amides is 1. The van der Waals surface area contributed by atoms with E-state index in [4.69, 9.17) is 5.73 Å². The van der Waals surface area contributed by atoms with Crippen LogP contribution in [-0.2, 0) is 20.8 Å². The monoisotopic (exact) mass is 560 g/mol. The number of phenolic OH excluding ortho intramolecular Hbond substituents is 1. The highest BCUT2D eigenvalue weighted by Crippen LogP contribution is 2.55.